The standard InChI is InChI=1S/C16H22ClN3O/c1-11(2)9-15-18-16(21-19-15)10-20(4)12(3)13-7-5-6-8-14(13)17/h5-8,11-12H,9-10H2,1-4H3/t12-/m1/s1. The summed E-state index contributed by atoms with van der Waals surface area (Å²) in [5.74, 6) is 1.95. The van der Waals surface area contributed by atoms with Crippen LogP contribution in [0.15, 0.2) is 28.8 Å². The number of aromatic nitrogens is 2. The molecule has 1 aromatic carbocycles. The summed E-state index contributed by atoms with van der Waals surface area (Å²) in [6.07, 6.45) is 0.841. The van der Waals surface area contributed by atoms with Crippen LogP contribution in [-0.2, 0) is 13.0 Å². The highest BCUT2D eigenvalue weighted by Crippen LogP contribution is 2.26. The van der Waals surface area contributed by atoms with Crippen LogP contribution in [0.25, 0.3) is 0 Å². The molecule has 0 unspecified atom stereocenters. The van der Waals surface area contributed by atoms with Crippen molar-refractivity contribution in [2.45, 2.75) is 39.8 Å². The Balaban J connectivity index is 2.02. The molecule has 0 amide bonds. The van der Waals surface area contributed by atoms with Crippen molar-refractivity contribution < 1.29 is 4.52 Å². The van der Waals surface area contributed by atoms with E-state index < -0.39 is 0 Å². The van der Waals surface area contributed by atoms with Gasteiger partial charge in [0, 0.05) is 17.5 Å². The molecule has 0 fully saturated rings. The van der Waals surface area contributed by atoms with Gasteiger partial charge < -0.3 is 4.52 Å². The highest BCUT2D eigenvalue weighted by molar-refractivity contribution is 6.31. The molecule has 0 spiro atoms. The van der Waals surface area contributed by atoms with Crippen molar-refractivity contribution in [3.8, 4) is 0 Å². The second-order valence-corrected chi connectivity index (χ2v) is 6.22. The van der Waals surface area contributed by atoms with Crippen molar-refractivity contribution in [3.63, 3.8) is 0 Å². The summed E-state index contributed by atoms with van der Waals surface area (Å²) >= 11 is 6.25. The molecular weight excluding hydrogens is 286 g/mol. The van der Waals surface area contributed by atoms with Crippen molar-refractivity contribution in [1.82, 2.24) is 15.0 Å². The Morgan fingerprint density at radius 2 is 1.95 bits per heavy atom. The molecule has 0 N–H and O–H groups in total. The molecule has 4 nitrogen and oxygen atoms in total. The molecule has 0 aliphatic heterocycles. The normalized spacial score (nSPS) is 13.1. The molecule has 21 heavy (non-hydrogen) atoms. The van der Waals surface area contributed by atoms with E-state index in [1.807, 2.05) is 31.3 Å². The van der Waals surface area contributed by atoms with E-state index in [0.717, 1.165) is 22.8 Å². The Kier molecular flexibility index (Phi) is 5.37. The quantitative estimate of drug-likeness (QED) is 0.805. The Hall–Kier alpha value is -1.39. The summed E-state index contributed by atoms with van der Waals surface area (Å²) in [6, 6.07) is 8.07. The Morgan fingerprint density at radius 1 is 1.24 bits per heavy atom. The average Bonchev–Trinajstić information content (AvgIpc) is 2.84. The highest BCUT2D eigenvalue weighted by atomic mass is 35.5. The number of nitrogens with zero attached hydrogens (tertiary/aromatic N) is 3. The monoisotopic (exact) mass is 307 g/mol. The van der Waals surface area contributed by atoms with Gasteiger partial charge in [0.25, 0.3) is 0 Å². The maximum atomic E-state index is 6.25. The van der Waals surface area contributed by atoms with E-state index in [1.165, 1.54) is 0 Å². The second kappa shape index (κ2) is 7.05. The third kappa shape index (κ3) is 4.29. The lowest BCUT2D eigenvalue weighted by Crippen LogP contribution is -2.22. The zero-order valence-corrected chi connectivity index (χ0v) is 13.8. The van der Waals surface area contributed by atoms with E-state index in [4.69, 9.17) is 16.1 Å². The fourth-order valence-corrected chi connectivity index (χ4v) is 2.50. The number of rotatable bonds is 6. The molecule has 2 rings (SSSR count). The van der Waals surface area contributed by atoms with Crippen molar-refractivity contribution in [2.24, 2.45) is 5.92 Å². The van der Waals surface area contributed by atoms with Crippen molar-refractivity contribution >= 4 is 11.6 Å². The van der Waals surface area contributed by atoms with E-state index in [9.17, 15) is 0 Å². The van der Waals surface area contributed by atoms with Gasteiger partial charge in [-0.2, -0.15) is 4.98 Å². The molecule has 1 heterocycles. The summed E-state index contributed by atoms with van der Waals surface area (Å²) in [5.41, 5.74) is 1.10. The number of halogens is 1. The van der Waals surface area contributed by atoms with Crippen LogP contribution in [0.5, 0.6) is 0 Å². The lowest BCUT2D eigenvalue weighted by molar-refractivity contribution is 0.216. The average molecular weight is 308 g/mol. The first-order valence-corrected chi connectivity index (χ1v) is 7.61. The fraction of sp³-hybridized carbons (Fsp3) is 0.500. The van der Waals surface area contributed by atoms with Crippen LogP contribution in [0.3, 0.4) is 0 Å². The summed E-state index contributed by atoms with van der Waals surface area (Å²) in [4.78, 5) is 6.58. The second-order valence-electron chi connectivity index (χ2n) is 5.81. The zero-order valence-electron chi connectivity index (χ0n) is 13.0. The maximum Gasteiger partial charge on any atom is 0.240 e. The first kappa shape index (κ1) is 16.0. The highest BCUT2D eigenvalue weighted by Gasteiger charge is 2.17. The largest absolute Gasteiger partial charge is 0.338 e. The minimum atomic E-state index is 0.180. The lowest BCUT2D eigenvalue weighted by atomic mass is 10.1. The van der Waals surface area contributed by atoms with E-state index in [2.05, 4.69) is 35.8 Å². The summed E-state index contributed by atoms with van der Waals surface area (Å²) in [6.45, 7) is 7.01. The van der Waals surface area contributed by atoms with Gasteiger partial charge >= 0.3 is 0 Å². The zero-order chi connectivity index (χ0) is 15.4. The van der Waals surface area contributed by atoms with Gasteiger partial charge in [0.1, 0.15) is 0 Å². The SMILES string of the molecule is CC(C)Cc1noc(CN(C)[C@H](C)c2ccccc2Cl)n1. The van der Waals surface area contributed by atoms with Crippen LogP contribution in [0, 0.1) is 5.92 Å². The molecule has 0 saturated carbocycles. The summed E-state index contributed by atoms with van der Waals surface area (Å²) < 4.78 is 5.32. The molecule has 0 bridgehead atoms. The number of hydrogen-bond acceptors (Lipinski definition) is 4. The van der Waals surface area contributed by atoms with Crippen LogP contribution in [0.2, 0.25) is 5.02 Å². The summed E-state index contributed by atoms with van der Waals surface area (Å²) in [7, 11) is 2.03. The van der Waals surface area contributed by atoms with E-state index >= 15 is 0 Å². The number of hydrogen-bond donors (Lipinski definition) is 0. The van der Waals surface area contributed by atoms with Crippen molar-refractivity contribution in [2.75, 3.05) is 7.05 Å². The van der Waals surface area contributed by atoms with Gasteiger partial charge in [-0.1, -0.05) is 48.8 Å². The smallest absolute Gasteiger partial charge is 0.240 e. The third-order valence-corrected chi connectivity index (χ3v) is 3.85. The van der Waals surface area contributed by atoms with E-state index in [0.29, 0.717) is 18.4 Å². The minimum absolute atomic E-state index is 0.180. The molecule has 1 atom stereocenters. The first-order chi connectivity index (χ1) is 9.97. The Morgan fingerprint density at radius 3 is 2.62 bits per heavy atom. The first-order valence-electron chi connectivity index (χ1n) is 7.23. The molecule has 114 valence electrons. The van der Waals surface area contributed by atoms with E-state index in [1.54, 1.807) is 0 Å². The molecule has 0 radical (unpaired) electrons. The van der Waals surface area contributed by atoms with Crippen molar-refractivity contribution in [1.29, 1.82) is 0 Å². The van der Waals surface area contributed by atoms with Gasteiger partial charge in [-0.15, -0.1) is 0 Å². The third-order valence-electron chi connectivity index (χ3n) is 3.50. The number of benzene rings is 1. The Labute approximate surface area is 131 Å². The molecular formula is C16H22ClN3O. The predicted molar refractivity (Wildman–Crippen MR) is 84.2 cm³/mol. The summed E-state index contributed by atoms with van der Waals surface area (Å²) in [5, 5.41) is 4.80. The predicted octanol–water partition coefficient (Wildman–Crippen LogP) is 4.11. The lowest BCUT2D eigenvalue weighted by Gasteiger charge is -2.24. The van der Waals surface area contributed by atoms with Crippen molar-refractivity contribution in [3.05, 3.63) is 46.6 Å². The van der Waals surface area contributed by atoms with Gasteiger partial charge in [-0.3, -0.25) is 4.90 Å². The van der Waals surface area contributed by atoms with Crippen LogP contribution in [-0.4, -0.2) is 22.1 Å². The molecule has 5 heteroatoms. The fourth-order valence-electron chi connectivity index (χ4n) is 2.20. The van der Waals surface area contributed by atoms with E-state index in [-0.39, 0.29) is 6.04 Å². The molecule has 0 aliphatic rings. The van der Waals surface area contributed by atoms with Crippen LogP contribution >= 0.6 is 11.6 Å². The van der Waals surface area contributed by atoms with Crippen LogP contribution in [0.4, 0.5) is 0 Å². The molecule has 2 aromatic rings. The molecule has 0 aliphatic carbocycles. The van der Waals surface area contributed by atoms with Gasteiger partial charge in [-0.25, -0.2) is 0 Å². The minimum Gasteiger partial charge on any atom is -0.338 e. The van der Waals surface area contributed by atoms with Gasteiger partial charge in [-0.05, 0) is 31.5 Å². The van der Waals surface area contributed by atoms with Gasteiger partial charge in [0.15, 0.2) is 5.82 Å². The molecule has 1 aromatic heterocycles. The topological polar surface area (TPSA) is 42.2 Å². The van der Waals surface area contributed by atoms with Crippen LogP contribution < -0.4 is 0 Å². The van der Waals surface area contributed by atoms with Gasteiger partial charge in [0.2, 0.25) is 5.89 Å². The van der Waals surface area contributed by atoms with Crippen LogP contribution in [0.1, 0.15) is 44.1 Å². The molecule has 0 saturated heterocycles. The Bertz CT molecular complexity index is 582. The van der Waals surface area contributed by atoms with Gasteiger partial charge in [0.05, 0.1) is 6.54 Å². The maximum absolute atomic E-state index is 6.25.